The van der Waals surface area contributed by atoms with Crippen LogP contribution < -0.4 is 5.32 Å². The van der Waals surface area contributed by atoms with Crippen molar-refractivity contribution < 1.29 is 23.9 Å². The molecule has 2 atom stereocenters. The molecule has 0 spiro atoms. The molecular formula is C35H46N2O5. The average molecular weight is 575 g/mol. The van der Waals surface area contributed by atoms with Gasteiger partial charge in [0.15, 0.2) is 0 Å². The lowest BCUT2D eigenvalue weighted by Gasteiger charge is -2.31. The van der Waals surface area contributed by atoms with Gasteiger partial charge in [-0.1, -0.05) is 86.6 Å². The van der Waals surface area contributed by atoms with Gasteiger partial charge in [0.25, 0.3) is 0 Å². The minimum atomic E-state index is -0.905. The van der Waals surface area contributed by atoms with Crippen molar-refractivity contribution in [1.29, 1.82) is 0 Å². The van der Waals surface area contributed by atoms with E-state index in [-0.39, 0.29) is 31.5 Å². The summed E-state index contributed by atoms with van der Waals surface area (Å²) < 4.78 is 11.1. The molecule has 0 aliphatic carbocycles. The lowest BCUT2D eigenvalue weighted by atomic mass is 9.98. The SMILES string of the molecule is CCOC(=O)C(CCc1ccccc1)CN(CC(C)C)C(=O)N[C@@H](Cc1ccc2ccccc2c1)C(=O)OC(C)(C)C. The second kappa shape index (κ2) is 15.4. The molecule has 0 bridgehead atoms. The molecule has 0 aromatic heterocycles. The van der Waals surface area contributed by atoms with Crippen LogP contribution in [0, 0.1) is 11.8 Å². The summed E-state index contributed by atoms with van der Waals surface area (Å²) in [6.45, 7) is 12.1. The van der Waals surface area contributed by atoms with Crippen LogP contribution in [0.3, 0.4) is 0 Å². The number of fused-ring (bicyclic) bond motifs is 1. The molecule has 3 aromatic rings. The lowest BCUT2D eigenvalue weighted by Crippen LogP contribution is -2.52. The first kappa shape index (κ1) is 32.6. The number of carbonyl (C=O) groups excluding carboxylic acids is 3. The maximum absolute atomic E-state index is 13.8. The summed E-state index contributed by atoms with van der Waals surface area (Å²) in [4.78, 5) is 41.8. The van der Waals surface area contributed by atoms with E-state index in [2.05, 4.69) is 5.32 Å². The third-order valence-corrected chi connectivity index (χ3v) is 6.80. The molecular weight excluding hydrogens is 528 g/mol. The van der Waals surface area contributed by atoms with Crippen molar-refractivity contribution in [3.8, 4) is 0 Å². The monoisotopic (exact) mass is 574 g/mol. The van der Waals surface area contributed by atoms with Gasteiger partial charge in [0.05, 0.1) is 12.5 Å². The molecule has 1 N–H and O–H groups in total. The van der Waals surface area contributed by atoms with Gasteiger partial charge in [-0.2, -0.15) is 0 Å². The summed E-state index contributed by atoms with van der Waals surface area (Å²) >= 11 is 0. The molecule has 1 unspecified atom stereocenters. The van der Waals surface area contributed by atoms with Gasteiger partial charge in [-0.15, -0.1) is 0 Å². The molecule has 7 nitrogen and oxygen atoms in total. The summed E-state index contributed by atoms with van der Waals surface area (Å²) in [5.41, 5.74) is 1.31. The Morgan fingerprint density at radius 1 is 0.833 bits per heavy atom. The normalized spacial score (nSPS) is 12.9. The largest absolute Gasteiger partial charge is 0.466 e. The third-order valence-electron chi connectivity index (χ3n) is 6.80. The van der Waals surface area contributed by atoms with Gasteiger partial charge in [-0.3, -0.25) is 4.79 Å². The maximum Gasteiger partial charge on any atom is 0.329 e. The van der Waals surface area contributed by atoms with Crippen molar-refractivity contribution in [3.05, 3.63) is 83.9 Å². The first-order valence-electron chi connectivity index (χ1n) is 14.9. The molecule has 7 heteroatoms. The zero-order valence-corrected chi connectivity index (χ0v) is 25.9. The fraction of sp³-hybridized carbons (Fsp3) is 0.457. The Labute approximate surface area is 250 Å². The molecule has 0 heterocycles. The summed E-state index contributed by atoms with van der Waals surface area (Å²) in [6.07, 6.45) is 1.50. The Morgan fingerprint density at radius 3 is 2.14 bits per heavy atom. The number of esters is 2. The van der Waals surface area contributed by atoms with Gasteiger partial charge in [-0.25, -0.2) is 9.59 Å². The Balaban J connectivity index is 1.83. The van der Waals surface area contributed by atoms with E-state index in [1.807, 2.05) is 107 Å². The number of nitrogens with zero attached hydrogens (tertiary/aromatic N) is 1. The predicted molar refractivity (Wildman–Crippen MR) is 167 cm³/mol. The van der Waals surface area contributed by atoms with Crippen molar-refractivity contribution in [2.24, 2.45) is 11.8 Å². The number of hydrogen-bond acceptors (Lipinski definition) is 5. The molecule has 3 aromatic carbocycles. The van der Waals surface area contributed by atoms with Crippen LogP contribution in [-0.2, 0) is 31.9 Å². The zero-order valence-electron chi connectivity index (χ0n) is 25.9. The van der Waals surface area contributed by atoms with Crippen molar-refractivity contribution in [3.63, 3.8) is 0 Å². The van der Waals surface area contributed by atoms with Crippen molar-refractivity contribution in [2.75, 3.05) is 19.7 Å². The topological polar surface area (TPSA) is 84.9 Å². The van der Waals surface area contributed by atoms with Crippen LogP contribution in [0.2, 0.25) is 0 Å². The Morgan fingerprint density at radius 2 is 1.50 bits per heavy atom. The van der Waals surface area contributed by atoms with Crippen molar-refractivity contribution >= 4 is 28.7 Å². The molecule has 226 valence electrons. The van der Waals surface area contributed by atoms with E-state index >= 15 is 0 Å². The average Bonchev–Trinajstić information content (AvgIpc) is 2.93. The number of amides is 2. The van der Waals surface area contributed by atoms with Crippen LogP contribution in [0.25, 0.3) is 10.8 Å². The minimum absolute atomic E-state index is 0.146. The molecule has 0 aliphatic heterocycles. The molecule has 2 amide bonds. The van der Waals surface area contributed by atoms with E-state index in [4.69, 9.17) is 9.47 Å². The van der Waals surface area contributed by atoms with E-state index in [0.29, 0.717) is 19.4 Å². The molecule has 0 saturated carbocycles. The van der Waals surface area contributed by atoms with Gasteiger partial charge >= 0.3 is 18.0 Å². The van der Waals surface area contributed by atoms with E-state index in [1.165, 1.54) is 0 Å². The molecule has 42 heavy (non-hydrogen) atoms. The highest BCUT2D eigenvalue weighted by Gasteiger charge is 2.31. The van der Waals surface area contributed by atoms with Gasteiger partial charge in [0, 0.05) is 19.5 Å². The van der Waals surface area contributed by atoms with Gasteiger partial charge in [-0.05, 0) is 68.4 Å². The van der Waals surface area contributed by atoms with Crippen LogP contribution in [0.15, 0.2) is 72.8 Å². The third kappa shape index (κ3) is 10.5. The summed E-state index contributed by atoms with van der Waals surface area (Å²) in [7, 11) is 0. The van der Waals surface area contributed by atoms with Crippen LogP contribution in [0.5, 0.6) is 0 Å². The Hall–Kier alpha value is -3.87. The first-order chi connectivity index (χ1) is 19.9. The quantitative estimate of drug-likeness (QED) is 0.233. The van der Waals surface area contributed by atoms with E-state index in [1.54, 1.807) is 11.8 Å². The highest BCUT2D eigenvalue weighted by Crippen LogP contribution is 2.19. The molecule has 0 aliphatic rings. The summed E-state index contributed by atoms with van der Waals surface area (Å²) in [6, 6.07) is 22.7. The van der Waals surface area contributed by atoms with Crippen molar-refractivity contribution in [1.82, 2.24) is 10.2 Å². The zero-order chi connectivity index (χ0) is 30.7. The van der Waals surface area contributed by atoms with Crippen LogP contribution in [-0.4, -0.2) is 54.2 Å². The second-order valence-corrected chi connectivity index (χ2v) is 12.2. The highest BCUT2D eigenvalue weighted by atomic mass is 16.6. The fourth-order valence-electron chi connectivity index (χ4n) is 4.88. The number of aryl methyl sites for hydroxylation is 1. The number of urea groups is 1. The minimum Gasteiger partial charge on any atom is -0.466 e. The molecule has 3 rings (SSSR count). The van der Waals surface area contributed by atoms with Crippen LogP contribution in [0.4, 0.5) is 4.79 Å². The highest BCUT2D eigenvalue weighted by molar-refractivity contribution is 5.86. The smallest absolute Gasteiger partial charge is 0.329 e. The molecule has 0 fully saturated rings. The number of ether oxygens (including phenoxy) is 2. The number of nitrogens with one attached hydrogen (secondary N) is 1. The van der Waals surface area contributed by atoms with E-state index in [9.17, 15) is 14.4 Å². The van der Waals surface area contributed by atoms with E-state index in [0.717, 1.165) is 21.9 Å². The van der Waals surface area contributed by atoms with Gasteiger partial charge < -0.3 is 19.7 Å². The molecule has 0 saturated heterocycles. The first-order valence-corrected chi connectivity index (χ1v) is 14.9. The van der Waals surface area contributed by atoms with E-state index < -0.39 is 29.6 Å². The van der Waals surface area contributed by atoms with Crippen molar-refractivity contribution in [2.45, 2.75) is 72.4 Å². The van der Waals surface area contributed by atoms with Crippen LogP contribution >= 0.6 is 0 Å². The summed E-state index contributed by atoms with van der Waals surface area (Å²) in [5, 5.41) is 5.11. The molecule has 0 radical (unpaired) electrons. The fourth-order valence-corrected chi connectivity index (χ4v) is 4.88. The number of rotatable bonds is 13. The lowest BCUT2D eigenvalue weighted by molar-refractivity contribution is -0.157. The van der Waals surface area contributed by atoms with Gasteiger partial charge in [0.1, 0.15) is 11.6 Å². The number of hydrogen-bond donors (Lipinski definition) is 1. The Bertz CT molecular complexity index is 1320. The number of benzene rings is 3. The Kier molecular flexibility index (Phi) is 12.0. The van der Waals surface area contributed by atoms with Gasteiger partial charge in [0.2, 0.25) is 0 Å². The standard InChI is InChI=1S/C35H46N2O5/c1-7-41-32(38)30(20-17-26-13-9-8-10-14-26)24-37(23-25(2)3)34(40)36-31(33(39)42-35(4,5)6)22-27-18-19-28-15-11-12-16-29(28)21-27/h8-16,18-19,21,25,30-31H,7,17,20,22-24H2,1-6H3,(H,36,40)/t30?,31-/m0/s1. The predicted octanol–water partition coefficient (Wildman–Crippen LogP) is 6.57. The number of carbonyl (C=O) groups is 3. The summed E-state index contributed by atoms with van der Waals surface area (Å²) in [5.74, 6) is -1.18. The second-order valence-electron chi connectivity index (χ2n) is 12.2. The maximum atomic E-state index is 13.8. The van der Waals surface area contributed by atoms with Crippen LogP contribution in [0.1, 0.15) is 59.1 Å².